The van der Waals surface area contributed by atoms with E-state index in [0.717, 1.165) is 6.54 Å². The first-order valence-electron chi connectivity index (χ1n) is 9.08. The Labute approximate surface area is 153 Å². The Bertz CT molecular complexity index is 796. The van der Waals surface area contributed by atoms with Gasteiger partial charge in [0, 0.05) is 19.6 Å². The van der Waals surface area contributed by atoms with Gasteiger partial charge in [0.05, 0.1) is 30.9 Å². The summed E-state index contributed by atoms with van der Waals surface area (Å²) in [5.41, 5.74) is 1.90. The van der Waals surface area contributed by atoms with Gasteiger partial charge in [0.1, 0.15) is 5.82 Å². The molecule has 2 aromatic carbocycles. The van der Waals surface area contributed by atoms with Gasteiger partial charge in [0.25, 0.3) is 5.91 Å². The Hall–Kier alpha value is -2.24. The molecule has 136 valence electrons. The lowest BCUT2D eigenvalue weighted by Crippen LogP contribution is -2.60. The summed E-state index contributed by atoms with van der Waals surface area (Å²) in [5.74, 6) is -0.644. The molecule has 2 aliphatic rings. The number of amides is 1. The molecule has 0 aromatic heterocycles. The number of halogens is 1. The van der Waals surface area contributed by atoms with Crippen molar-refractivity contribution >= 4 is 5.91 Å². The molecule has 0 saturated carbocycles. The molecule has 26 heavy (non-hydrogen) atoms. The van der Waals surface area contributed by atoms with E-state index < -0.39 is 5.82 Å². The summed E-state index contributed by atoms with van der Waals surface area (Å²) < 4.78 is 20.2. The van der Waals surface area contributed by atoms with Crippen molar-refractivity contribution in [2.45, 2.75) is 19.0 Å². The van der Waals surface area contributed by atoms with Gasteiger partial charge in [-0.15, -0.1) is 0 Å². The van der Waals surface area contributed by atoms with E-state index in [1.165, 1.54) is 5.56 Å². The Morgan fingerprint density at radius 2 is 1.88 bits per heavy atom. The fourth-order valence-corrected chi connectivity index (χ4v) is 3.97. The van der Waals surface area contributed by atoms with Gasteiger partial charge >= 0.3 is 0 Å². The molecule has 4 rings (SSSR count). The van der Waals surface area contributed by atoms with E-state index in [1.54, 1.807) is 30.0 Å². The third-order valence-corrected chi connectivity index (χ3v) is 5.41. The summed E-state index contributed by atoms with van der Waals surface area (Å²) in [4.78, 5) is 17.0. The van der Waals surface area contributed by atoms with E-state index in [2.05, 4.69) is 17.0 Å². The number of benzene rings is 2. The minimum Gasteiger partial charge on any atom is -0.378 e. The number of aryl methyl sites for hydroxylation is 1. The number of rotatable bonds is 2. The molecule has 0 radical (unpaired) electrons. The minimum absolute atomic E-state index is 0.138. The van der Waals surface area contributed by atoms with Gasteiger partial charge < -0.3 is 9.64 Å². The highest BCUT2D eigenvalue weighted by Crippen LogP contribution is 2.30. The highest BCUT2D eigenvalue weighted by molar-refractivity contribution is 5.94. The fourth-order valence-electron chi connectivity index (χ4n) is 3.97. The maximum atomic E-state index is 14.3. The maximum Gasteiger partial charge on any atom is 0.256 e. The van der Waals surface area contributed by atoms with Gasteiger partial charge in [0.15, 0.2) is 0 Å². The summed E-state index contributed by atoms with van der Waals surface area (Å²) in [6.45, 7) is 4.89. The Kier molecular flexibility index (Phi) is 4.74. The van der Waals surface area contributed by atoms with Crippen LogP contribution in [0.2, 0.25) is 0 Å². The van der Waals surface area contributed by atoms with E-state index in [4.69, 9.17) is 4.74 Å². The van der Waals surface area contributed by atoms with Crippen molar-refractivity contribution in [3.05, 3.63) is 71.0 Å². The molecule has 2 atom stereocenters. The average Bonchev–Trinajstić information content (AvgIpc) is 2.69. The number of ether oxygens (including phenoxy) is 1. The monoisotopic (exact) mass is 354 g/mol. The molecule has 2 aliphatic heterocycles. The molecule has 0 spiro atoms. The number of carbonyl (C=O) groups is 1. The van der Waals surface area contributed by atoms with Crippen molar-refractivity contribution in [1.82, 2.24) is 9.80 Å². The van der Waals surface area contributed by atoms with Crippen LogP contribution in [0.1, 0.15) is 27.5 Å². The Morgan fingerprint density at radius 1 is 1.08 bits per heavy atom. The van der Waals surface area contributed by atoms with Crippen molar-refractivity contribution in [1.29, 1.82) is 0 Å². The van der Waals surface area contributed by atoms with Crippen LogP contribution in [0.15, 0.2) is 48.5 Å². The highest BCUT2D eigenvalue weighted by atomic mass is 19.1. The van der Waals surface area contributed by atoms with Crippen LogP contribution in [0, 0.1) is 12.7 Å². The first kappa shape index (κ1) is 17.2. The quantitative estimate of drug-likeness (QED) is 0.831. The number of morpholine rings is 1. The third-order valence-electron chi connectivity index (χ3n) is 5.41. The number of hydrogen-bond donors (Lipinski definition) is 0. The van der Waals surface area contributed by atoms with E-state index in [0.29, 0.717) is 31.9 Å². The van der Waals surface area contributed by atoms with Gasteiger partial charge in [-0.3, -0.25) is 9.69 Å². The van der Waals surface area contributed by atoms with Crippen LogP contribution >= 0.6 is 0 Å². The normalized spacial score (nSPS) is 23.5. The summed E-state index contributed by atoms with van der Waals surface area (Å²) in [6.07, 6.45) is 0. The lowest BCUT2D eigenvalue weighted by atomic mass is 9.99. The highest BCUT2D eigenvalue weighted by Gasteiger charge is 2.38. The zero-order chi connectivity index (χ0) is 18.1. The van der Waals surface area contributed by atoms with Crippen LogP contribution < -0.4 is 0 Å². The molecular weight excluding hydrogens is 331 g/mol. The van der Waals surface area contributed by atoms with Crippen LogP contribution in [-0.2, 0) is 4.74 Å². The second kappa shape index (κ2) is 7.17. The molecule has 0 bridgehead atoms. The van der Waals surface area contributed by atoms with Crippen LogP contribution in [0.4, 0.5) is 4.39 Å². The summed E-state index contributed by atoms with van der Waals surface area (Å²) in [6, 6.07) is 15.7. The second-order valence-corrected chi connectivity index (χ2v) is 7.04. The zero-order valence-corrected chi connectivity index (χ0v) is 14.9. The number of carbonyl (C=O) groups excluding carboxylic acids is 1. The predicted octanol–water partition coefficient (Wildman–Crippen LogP) is 3.03. The zero-order valence-electron chi connectivity index (χ0n) is 14.9. The number of nitrogens with zero attached hydrogens (tertiary/aromatic N) is 2. The lowest BCUT2D eigenvalue weighted by Gasteiger charge is -2.48. The number of hydrogen-bond acceptors (Lipinski definition) is 3. The topological polar surface area (TPSA) is 32.8 Å². The van der Waals surface area contributed by atoms with Gasteiger partial charge in [-0.1, -0.05) is 42.5 Å². The van der Waals surface area contributed by atoms with E-state index in [9.17, 15) is 9.18 Å². The Balaban J connectivity index is 1.51. The summed E-state index contributed by atoms with van der Waals surface area (Å²) in [7, 11) is 0. The Morgan fingerprint density at radius 3 is 2.69 bits per heavy atom. The maximum absolute atomic E-state index is 14.3. The smallest absolute Gasteiger partial charge is 0.256 e. The number of piperazine rings is 1. The third kappa shape index (κ3) is 3.13. The van der Waals surface area contributed by atoms with Crippen LogP contribution in [0.5, 0.6) is 0 Å². The van der Waals surface area contributed by atoms with Crippen LogP contribution in [-0.4, -0.2) is 54.6 Å². The molecular formula is C21H23FN2O2. The first-order valence-corrected chi connectivity index (χ1v) is 9.08. The first-order chi connectivity index (χ1) is 12.6. The SMILES string of the molecule is Cc1cccc(C(=O)N2CCN3[C@@H](COC[C@@H]3c3ccccc3)C2)c1F. The molecule has 0 aliphatic carbocycles. The lowest BCUT2D eigenvalue weighted by molar-refractivity contribution is -0.0770. The average molecular weight is 354 g/mol. The largest absolute Gasteiger partial charge is 0.378 e. The van der Waals surface area contributed by atoms with Crippen molar-refractivity contribution in [2.24, 2.45) is 0 Å². The summed E-state index contributed by atoms with van der Waals surface area (Å²) in [5, 5.41) is 0. The summed E-state index contributed by atoms with van der Waals surface area (Å²) >= 11 is 0. The van der Waals surface area contributed by atoms with E-state index in [1.807, 2.05) is 18.2 Å². The minimum atomic E-state index is -0.415. The second-order valence-electron chi connectivity index (χ2n) is 7.04. The van der Waals surface area contributed by atoms with Crippen molar-refractivity contribution < 1.29 is 13.9 Å². The van der Waals surface area contributed by atoms with Gasteiger partial charge in [0.2, 0.25) is 0 Å². The van der Waals surface area contributed by atoms with Crippen molar-refractivity contribution in [3.63, 3.8) is 0 Å². The molecule has 4 nitrogen and oxygen atoms in total. The van der Waals surface area contributed by atoms with Crippen molar-refractivity contribution in [2.75, 3.05) is 32.8 Å². The predicted molar refractivity (Wildman–Crippen MR) is 97.5 cm³/mol. The molecule has 1 amide bonds. The van der Waals surface area contributed by atoms with Crippen LogP contribution in [0.25, 0.3) is 0 Å². The standard InChI is InChI=1S/C21H23FN2O2/c1-15-6-5-9-18(20(15)22)21(25)23-10-11-24-17(12-23)13-26-14-19(24)16-7-3-2-4-8-16/h2-9,17,19H,10-14H2,1H3/t17-,19-/m1/s1. The molecule has 2 saturated heterocycles. The molecule has 2 heterocycles. The van der Waals surface area contributed by atoms with Crippen molar-refractivity contribution in [3.8, 4) is 0 Å². The van der Waals surface area contributed by atoms with E-state index in [-0.39, 0.29) is 23.6 Å². The van der Waals surface area contributed by atoms with Gasteiger partial charge in [-0.05, 0) is 24.1 Å². The molecule has 5 heteroatoms. The molecule has 2 fully saturated rings. The van der Waals surface area contributed by atoms with Crippen LogP contribution in [0.3, 0.4) is 0 Å². The molecule has 0 N–H and O–H groups in total. The fraction of sp³-hybridized carbons (Fsp3) is 0.381. The molecule has 0 unspecified atom stereocenters. The number of fused-ring (bicyclic) bond motifs is 1. The van der Waals surface area contributed by atoms with Gasteiger partial charge in [-0.2, -0.15) is 0 Å². The van der Waals surface area contributed by atoms with E-state index >= 15 is 0 Å². The molecule has 2 aromatic rings. The van der Waals surface area contributed by atoms with Gasteiger partial charge in [-0.25, -0.2) is 4.39 Å².